The van der Waals surface area contributed by atoms with Gasteiger partial charge in [0.05, 0.1) is 18.8 Å². The van der Waals surface area contributed by atoms with Gasteiger partial charge in [-0.25, -0.2) is 0 Å². The normalized spacial score (nSPS) is 15.2. The largest absolute Gasteiger partial charge is 0.465 e. The van der Waals surface area contributed by atoms with Crippen molar-refractivity contribution in [1.29, 1.82) is 0 Å². The molecule has 0 aliphatic rings. The van der Waals surface area contributed by atoms with Gasteiger partial charge in [0.25, 0.3) is 0 Å². The Balaban J connectivity index is 2.31. The topological polar surface area (TPSA) is 65.6 Å². The lowest BCUT2D eigenvalue weighted by Crippen LogP contribution is -2.40. The highest BCUT2D eigenvalue weighted by Gasteiger charge is 2.17. The summed E-state index contributed by atoms with van der Waals surface area (Å²) in [5.74, 6) is 1.81. The van der Waals surface area contributed by atoms with Gasteiger partial charge in [-0.15, -0.1) is 0 Å². The standard InChI is InChI=1S/C11H19NO3/c1-3-9-4-5-10(15-9)6-12-7-11(2,14)8-13/h4-5,12-14H,3,6-8H2,1-2H3. The van der Waals surface area contributed by atoms with Gasteiger partial charge in [0.1, 0.15) is 11.5 Å². The van der Waals surface area contributed by atoms with Gasteiger partial charge in [0, 0.05) is 13.0 Å². The maximum Gasteiger partial charge on any atom is 0.117 e. The molecular formula is C11H19NO3. The van der Waals surface area contributed by atoms with Crippen molar-refractivity contribution in [1.82, 2.24) is 5.32 Å². The first kappa shape index (κ1) is 12.2. The van der Waals surface area contributed by atoms with Gasteiger partial charge in [-0.3, -0.25) is 0 Å². The number of aliphatic hydroxyl groups is 2. The Hall–Kier alpha value is -0.840. The van der Waals surface area contributed by atoms with Gasteiger partial charge >= 0.3 is 0 Å². The zero-order valence-electron chi connectivity index (χ0n) is 9.29. The number of hydrogen-bond donors (Lipinski definition) is 3. The monoisotopic (exact) mass is 213 g/mol. The SMILES string of the molecule is CCc1ccc(CNCC(C)(O)CO)o1. The second kappa shape index (κ2) is 5.30. The Bertz CT molecular complexity index is 294. The van der Waals surface area contributed by atoms with Crippen LogP contribution in [0.5, 0.6) is 0 Å². The molecule has 0 radical (unpaired) electrons. The summed E-state index contributed by atoms with van der Waals surface area (Å²) in [5, 5.41) is 21.4. The van der Waals surface area contributed by atoms with Crippen LogP contribution in [0.15, 0.2) is 16.5 Å². The maximum absolute atomic E-state index is 9.51. The van der Waals surface area contributed by atoms with Crippen LogP contribution in [0, 0.1) is 0 Å². The molecular weight excluding hydrogens is 194 g/mol. The Labute approximate surface area is 89.9 Å². The Morgan fingerprint density at radius 1 is 1.40 bits per heavy atom. The molecule has 4 heteroatoms. The fourth-order valence-electron chi connectivity index (χ4n) is 1.22. The van der Waals surface area contributed by atoms with Crippen LogP contribution in [0.25, 0.3) is 0 Å². The molecule has 1 heterocycles. The van der Waals surface area contributed by atoms with Crippen LogP contribution in [-0.4, -0.2) is 29.0 Å². The quantitative estimate of drug-likeness (QED) is 0.650. The van der Waals surface area contributed by atoms with Crippen LogP contribution in [0.4, 0.5) is 0 Å². The first-order valence-electron chi connectivity index (χ1n) is 5.19. The molecule has 0 amide bonds. The van der Waals surface area contributed by atoms with Crippen LogP contribution in [0.2, 0.25) is 0 Å². The lowest BCUT2D eigenvalue weighted by atomic mass is 10.1. The molecule has 1 atom stereocenters. The molecule has 3 N–H and O–H groups in total. The smallest absolute Gasteiger partial charge is 0.117 e. The van der Waals surface area contributed by atoms with E-state index in [4.69, 9.17) is 9.52 Å². The molecule has 1 aromatic rings. The summed E-state index contributed by atoms with van der Waals surface area (Å²) in [6.07, 6.45) is 0.883. The number of rotatable bonds is 6. The number of aryl methyl sites for hydroxylation is 1. The first-order valence-corrected chi connectivity index (χ1v) is 5.19. The highest BCUT2D eigenvalue weighted by Crippen LogP contribution is 2.08. The van der Waals surface area contributed by atoms with E-state index < -0.39 is 5.60 Å². The molecule has 4 nitrogen and oxygen atoms in total. The summed E-state index contributed by atoms with van der Waals surface area (Å²) in [6, 6.07) is 3.86. The van der Waals surface area contributed by atoms with E-state index in [1.54, 1.807) is 6.92 Å². The molecule has 0 fully saturated rings. The van der Waals surface area contributed by atoms with Crippen molar-refractivity contribution in [3.05, 3.63) is 23.7 Å². The lowest BCUT2D eigenvalue weighted by Gasteiger charge is -2.20. The van der Waals surface area contributed by atoms with Crippen molar-refractivity contribution in [2.24, 2.45) is 0 Å². The van der Waals surface area contributed by atoms with Gasteiger partial charge in [0.2, 0.25) is 0 Å². The highest BCUT2D eigenvalue weighted by molar-refractivity contribution is 5.06. The third-order valence-electron chi connectivity index (χ3n) is 2.21. The van der Waals surface area contributed by atoms with Gasteiger partial charge in [-0.1, -0.05) is 6.92 Å². The third kappa shape index (κ3) is 4.03. The van der Waals surface area contributed by atoms with Gasteiger partial charge in [0.15, 0.2) is 0 Å². The molecule has 0 aliphatic carbocycles. The summed E-state index contributed by atoms with van der Waals surface area (Å²) in [7, 11) is 0. The minimum absolute atomic E-state index is 0.252. The third-order valence-corrected chi connectivity index (χ3v) is 2.21. The summed E-state index contributed by atoms with van der Waals surface area (Å²) in [4.78, 5) is 0. The van der Waals surface area contributed by atoms with Crippen molar-refractivity contribution < 1.29 is 14.6 Å². The van der Waals surface area contributed by atoms with Gasteiger partial charge in [-0.2, -0.15) is 0 Å². The molecule has 86 valence electrons. The average Bonchev–Trinajstić information content (AvgIpc) is 2.66. The fourth-order valence-corrected chi connectivity index (χ4v) is 1.22. The molecule has 0 saturated carbocycles. The zero-order chi connectivity index (χ0) is 11.3. The van der Waals surface area contributed by atoms with Crippen LogP contribution >= 0.6 is 0 Å². The van der Waals surface area contributed by atoms with Gasteiger partial charge in [-0.05, 0) is 19.1 Å². The maximum atomic E-state index is 9.51. The Kier molecular flexibility index (Phi) is 4.32. The Morgan fingerprint density at radius 2 is 2.07 bits per heavy atom. The molecule has 0 aliphatic heterocycles. The molecule has 1 rings (SSSR count). The number of hydrogen-bond acceptors (Lipinski definition) is 4. The van der Waals surface area contributed by atoms with E-state index in [0.717, 1.165) is 17.9 Å². The Morgan fingerprint density at radius 3 is 2.60 bits per heavy atom. The predicted molar refractivity (Wildman–Crippen MR) is 57.5 cm³/mol. The summed E-state index contributed by atoms with van der Waals surface area (Å²) in [5.41, 5.74) is -1.07. The molecule has 0 spiro atoms. The van der Waals surface area contributed by atoms with Crippen LogP contribution in [-0.2, 0) is 13.0 Å². The average molecular weight is 213 g/mol. The second-order valence-electron chi connectivity index (χ2n) is 3.98. The lowest BCUT2D eigenvalue weighted by molar-refractivity contribution is 0.00226. The highest BCUT2D eigenvalue weighted by atomic mass is 16.3. The van der Waals surface area contributed by atoms with E-state index in [9.17, 15) is 5.11 Å². The second-order valence-corrected chi connectivity index (χ2v) is 3.98. The van der Waals surface area contributed by atoms with Crippen LogP contribution in [0.3, 0.4) is 0 Å². The van der Waals surface area contributed by atoms with E-state index in [0.29, 0.717) is 13.1 Å². The zero-order valence-corrected chi connectivity index (χ0v) is 9.29. The van der Waals surface area contributed by atoms with E-state index >= 15 is 0 Å². The summed E-state index contributed by atoms with van der Waals surface area (Å²) in [6.45, 7) is 4.27. The molecule has 0 aromatic carbocycles. The minimum atomic E-state index is -1.07. The molecule has 0 bridgehead atoms. The minimum Gasteiger partial charge on any atom is -0.465 e. The molecule has 0 saturated heterocycles. The fraction of sp³-hybridized carbons (Fsp3) is 0.636. The predicted octanol–water partition coefficient (Wildman–Crippen LogP) is 0.675. The molecule has 1 aromatic heterocycles. The van der Waals surface area contributed by atoms with Crippen molar-refractivity contribution in [2.75, 3.05) is 13.2 Å². The van der Waals surface area contributed by atoms with Crippen molar-refractivity contribution in [3.8, 4) is 0 Å². The summed E-state index contributed by atoms with van der Waals surface area (Å²) >= 11 is 0. The van der Waals surface area contributed by atoms with Crippen molar-refractivity contribution >= 4 is 0 Å². The summed E-state index contributed by atoms with van der Waals surface area (Å²) < 4.78 is 5.47. The van der Waals surface area contributed by atoms with Crippen molar-refractivity contribution in [3.63, 3.8) is 0 Å². The number of nitrogens with one attached hydrogen (secondary N) is 1. The van der Waals surface area contributed by atoms with E-state index in [2.05, 4.69) is 5.32 Å². The van der Waals surface area contributed by atoms with Crippen molar-refractivity contribution in [2.45, 2.75) is 32.4 Å². The number of furan rings is 1. The number of aliphatic hydroxyl groups excluding tert-OH is 1. The van der Waals surface area contributed by atoms with Crippen LogP contribution in [0.1, 0.15) is 25.4 Å². The van der Waals surface area contributed by atoms with E-state index in [1.165, 1.54) is 0 Å². The van der Waals surface area contributed by atoms with E-state index in [1.807, 2.05) is 19.1 Å². The molecule has 15 heavy (non-hydrogen) atoms. The van der Waals surface area contributed by atoms with Gasteiger partial charge < -0.3 is 19.9 Å². The first-order chi connectivity index (χ1) is 7.07. The van der Waals surface area contributed by atoms with E-state index in [-0.39, 0.29) is 6.61 Å². The van der Waals surface area contributed by atoms with Crippen LogP contribution < -0.4 is 5.32 Å². The molecule has 1 unspecified atom stereocenters.